The molecule has 3 nitrogen and oxygen atoms in total. The van der Waals surface area contributed by atoms with Gasteiger partial charge in [-0.1, -0.05) is 13.0 Å². The van der Waals surface area contributed by atoms with Gasteiger partial charge in [0.15, 0.2) is 0 Å². The van der Waals surface area contributed by atoms with E-state index in [9.17, 15) is 9.90 Å². The van der Waals surface area contributed by atoms with Crippen molar-refractivity contribution in [3.8, 4) is 0 Å². The Morgan fingerprint density at radius 2 is 2.31 bits per heavy atom. The summed E-state index contributed by atoms with van der Waals surface area (Å²) in [5.41, 5.74) is 2.32. The Kier molecular flexibility index (Phi) is 3.21. The first-order valence-corrected chi connectivity index (χ1v) is 6.30. The van der Waals surface area contributed by atoms with Gasteiger partial charge in [0, 0.05) is 17.1 Å². The Morgan fingerprint density at radius 1 is 1.56 bits per heavy atom. The summed E-state index contributed by atoms with van der Waals surface area (Å²) in [4.78, 5) is 12.1. The largest absolute Gasteiger partial charge is 0.478 e. The SMILES string of the molecule is CCc1cc2c(cc1C(=O)O)SCC(O)C2. The molecule has 86 valence electrons. The fourth-order valence-electron chi connectivity index (χ4n) is 1.96. The molecule has 0 saturated heterocycles. The highest BCUT2D eigenvalue weighted by Crippen LogP contribution is 2.32. The number of benzene rings is 1. The van der Waals surface area contributed by atoms with Crippen LogP contribution in [0.5, 0.6) is 0 Å². The van der Waals surface area contributed by atoms with Crippen molar-refractivity contribution in [2.24, 2.45) is 0 Å². The molecule has 1 aliphatic rings. The molecule has 0 amide bonds. The Hall–Kier alpha value is -1.00. The monoisotopic (exact) mass is 238 g/mol. The number of aliphatic hydroxyl groups excluding tert-OH is 1. The van der Waals surface area contributed by atoms with E-state index in [1.165, 1.54) is 11.8 Å². The highest BCUT2D eigenvalue weighted by Gasteiger charge is 2.20. The molecular weight excluding hydrogens is 224 g/mol. The zero-order chi connectivity index (χ0) is 11.7. The summed E-state index contributed by atoms with van der Waals surface area (Å²) in [6.07, 6.45) is 1.03. The molecule has 2 rings (SSSR count). The van der Waals surface area contributed by atoms with E-state index in [0.717, 1.165) is 16.0 Å². The zero-order valence-electron chi connectivity index (χ0n) is 9.06. The van der Waals surface area contributed by atoms with Crippen LogP contribution in [-0.4, -0.2) is 28.0 Å². The predicted octanol–water partition coefficient (Wildman–Crippen LogP) is 1.96. The van der Waals surface area contributed by atoms with E-state index in [0.29, 0.717) is 24.2 Å². The minimum Gasteiger partial charge on any atom is -0.478 e. The molecule has 1 aromatic carbocycles. The Bertz CT molecular complexity index is 429. The molecule has 0 spiro atoms. The van der Waals surface area contributed by atoms with E-state index in [-0.39, 0.29) is 6.10 Å². The second-order valence-electron chi connectivity index (χ2n) is 3.94. The second kappa shape index (κ2) is 4.47. The molecule has 2 N–H and O–H groups in total. The van der Waals surface area contributed by atoms with E-state index in [1.54, 1.807) is 6.07 Å². The third-order valence-corrected chi connectivity index (χ3v) is 4.03. The Balaban J connectivity index is 2.48. The van der Waals surface area contributed by atoms with Crippen molar-refractivity contribution in [3.05, 3.63) is 28.8 Å². The van der Waals surface area contributed by atoms with Crippen molar-refractivity contribution in [3.63, 3.8) is 0 Å². The lowest BCUT2D eigenvalue weighted by Crippen LogP contribution is -2.19. The van der Waals surface area contributed by atoms with E-state index < -0.39 is 5.97 Å². The first kappa shape index (κ1) is 11.5. The molecule has 1 aromatic rings. The van der Waals surface area contributed by atoms with Crippen LogP contribution in [0, 0.1) is 0 Å². The van der Waals surface area contributed by atoms with E-state index in [4.69, 9.17) is 5.11 Å². The second-order valence-corrected chi connectivity index (χ2v) is 5.01. The number of carboxylic acids is 1. The molecular formula is C12H14O3S. The van der Waals surface area contributed by atoms with Gasteiger partial charge in [0.2, 0.25) is 0 Å². The molecule has 4 heteroatoms. The Labute approximate surface area is 98.5 Å². The van der Waals surface area contributed by atoms with Crippen molar-refractivity contribution in [1.29, 1.82) is 0 Å². The summed E-state index contributed by atoms with van der Waals surface area (Å²) < 4.78 is 0. The number of aryl methyl sites for hydroxylation is 1. The Morgan fingerprint density at radius 3 is 2.94 bits per heavy atom. The molecule has 0 aliphatic carbocycles. The van der Waals surface area contributed by atoms with Crippen molar-refractivity contribution in [1.82, 2.24) is 0 Å². The van der Waals surface area contributed by atoms with Gasteiger partial charge < -0.3 is 10.2 Å². The van der Waals surface area contributed by atoms with Crippen LogP contribution in [0.1, 0.15) is 28.4 Å². The van der Waals surface area contributed by atoms with Gasteiger partial charge in [-0.25, -0.2) is 4.79 Å². The fraction of sp³-hybridized carbons (Fsp3) is 0.417. The summed E-state index contributed by atoms with van der Waals surface area (Å²) in [5, 5.41) is 18.7. The summed E-state index contributed by atoms with van der Waals surface area (Å²) >= 11 is 1.53. The van der Waals surface area contributed by atoms with Crippen molar-refractivity contribution in [2.45, 2.75) is 30.8 Å². The standard InChI is InChI=1S/C12H14O3S/c1-2-7-3-8-4-9(13)6-16-11(8)5-10(7)12(14)15/h3,5,9,13H,2,4,6H2,1H3,(H,14,15). The smallest absolute Gasteiger partial charge is 0.336 e. The topological polar surface area (TPSA) is 57.5 Å². The number of carboxylic acid groups (broad SMARTS) is 1. The fourth-order valence-corrected chi connectivity index (χ4v) is 2.98. The minimum atomic E-state index is -0.869. The van der Waals surface area contributed by atoms with Crippen molar-refractivity contribution >= 4 is 17.7 Å². The first-order valence-electron chi connectivity index (χ1n) is 5.31. The lowest BCUT2D eigenvalue weighted by atomic mass is 9.98. The van der Waals surface area contributed by atoms with E-state index >= 15 is 0 Å². The quantitative estimate of drug-likeness (QED) is 0.827. The molecule has 16 heavy (non-hydrogen) atoms. The van der Waals surface area contributed by atoms with Crippen LogP contribution in [0.25, 0.3) is 0 Å². The van der Waals surface area contributed by atoms with Crippen molar-refractivity contribution in [2.75, 3.05) is 5.75 Å². The van der Waals surface area contributed by atoms with Crippen LogP contribution >= 0.6 is 11.8 Å². The third kappa shape index (κ3) is 2.08. The van der Waals surface area contributed by atoms with Gasteiger partial charge in [-0.2, -0.15) is 0 Å². The number of thioether (sulfide) groups is 1. The maximum Gasteiger partial charge on any atom is 0.336 e. The van der Waals surface area contributed by atoms with Crippen LogP contribution in [-0.2, 0) is 12.8 Å². The molecule has 0 bridgehead atoms. The van der Waals surface area contributed by atoms with Gasteiger partial charge in [0.05, 0.1) is 11.7 Å². The van der Waals surface area contributed by atoms with Crippen LogP contribution in [0.3, 0.4) is 0 Å². The average molecular weight is 238 g/mol. The molecule has 0 saturated carbocycles. The van der Waals surface area contributed by atoms with Crippen LogP contribution in [0.4, 0.5) is 0 Å². The number of aromatic carboxylic acids is 1. The van der Waals surface area contributed by atoms with Crippen LogP contribution in [0.15, 0.2) is 17.0 Å². The van der Waals surface area contributed by atoms with Crippen LogP contribution in [0.2, 0.25) is 0 Å². The number of rotatable bonds is 2. The number of hydrogen-bond acceptors (Lipinski definition) is 3. The van der Waals surface area contributed by atoms with Gasteiger partial charge in [-0.15, -0.1) is 11.8 Å². The molecule has 0 fully saturated rings. The van der Waals surface area contributed by atoms with Gasteiger partial charge >= 0.3 is 5.97 Å². The summed E-state index contributed by atoms with van der Waals surface area (Å²) in [5.74, 6) is -0.219. The summed E-state index contributed by atoms with van der Waals surface area (Å²) in [6.45, 7) is 1.95. The number of hydrogen-bond donors (Lipinski definition) is 2. The number of aliphatic hydroxyl groups is 1. The van der Waals surface area contributed by atoms with E-state index in [2.05, 4.69) is 0 Å². The van der Waals surface area contributed by atoms with Gasteiger partial charge in [-0.3, -0.25) is 0 Å². The number of fused-ring (bicyclic) bond motifs is 1. The predicted molar refractivity (Wildman–Crippen MR) is 63.2 cm³/mol. The molecule has 1 aliphatic heterocycles. The molecule has 1 atom stereocenters. The highest BCUT2D eigenvalue weighted by molar-refractivity contribution is 7.99. The molecule has 0 radical (unpaired) electrons. The molecule has 1 heterocycles. The summed E-state index contributed by atoms with van der Waals surface area (Å²) in [7, 11) is 0. The maximum absolute atomic E-state index is 11.1. The minimum absolute atomic E-state index is 0.308. The molecule has 1 unspecified atom stereocenters. The molecule has 0 aromatic heterocycles. The normalized spacial score (nSPS) is 19.2. The highest BCUT2D eigenvalue weighted by atomic mass is 32.2. The third-order valence-electron chi connectivity index (χ3n) is 2.78. The lowest BCUT2D eigenvalue weighted by molar-refractivity contribution is 0.0695. The first-order chi connectivity index (χ1) is 7.61. The average Bonchev–Trinajstić information content (AvgIpc) is 2.26. The van der Waals surface area contributed by atoms with Gasteiger partial charge in [-0.05, 0) is 23.6 Å². The van der Waals surface area contributed by atoms with E-state index in [1.807, 2.05) is 13.0 Å². The van der Waals surface area contributed by atoms with Crippen LogP contribution < -0.4 is 0 Å². The zero-order valence-corrected chi connectivity index (χ0v) is 9.88. The van der Waals surface area contributed by atoms with Gasteiger partial charge in [0.25, 0.3) is 0 Å². The maximum atomic E-state index is 11.1. The summed E-state index contributed by atoms with van der Waals surface area (Å²) in [6, 6.07) is 3.67. The lowest BCUT2D eigenvalue weighted by Gasteiger charge is -2.21. The van der Waals surface area contributed by atoms with Crippen molar-refractivity contribution < 1.29 is 15.0 Å². The van der Waals surface area contributed by atoms with Gasteiger partial charge in [0.1, 0.15) is 0 Å². The number of carbonyl (C=O) groups is 1.